The Morgan fingerprint density at radius 1 is 1.15 bits per heavy atom. The maximum absolute atomic E-state index is 12.2. The molecule has 0 saturated carbocycles. The van der Waals surface area contributed by atoms with Crippen molar-refractivity contribution in [3.05, 3.63) is 84.3 Å². The molecule has 1 amide bonds. The van der Waals surface area contributed by atoms with Crippen LogP contribution in [0.4, 0.5) is 4.79 Å². The molecule has 0 bridgehead atoms. The van der Waals surface area contributed by atoms with E-state index in [-0.39, 0.29) is 12.6 Å². The lowest BCUT2D eigenvalue weighted by molar-refractivity contribution is 0.137. The minimum atomic E-state index is -0.459. The molecular weight excluding hydrogens is 328 g/mol. The van der Waals surface area contributed by atoms with Crippen LogP contribution in [0.5, 0.6) is 0 Å². The van der Waals surface area contributed by atoms with E-state index in [1.807, 2.05) is 60.8 Å². The van der Waals surface area contributed by atoms with Gasteiger partial charge < -0.3 is 19.8 Å². The molecule has 2 aromatic carbocycles. The first-order valence-corrected chi connectivity index (χ1v) is 8.48. The monoisotopic (exact) mass is 350 g/mol. The largest absolute Gasteiger partial charge is 0.505 e. The maximum atomic E-state index is 12.2. The molecule has 1 heterocycles. The summed E-state index contributed by atoms with van der Waals surface area (Å²) in [5.41, 5.74) is 3.14. The van der Waals surface area contributed by atoms with E-state index in [1.165, 1.54) is 0 Å². The van der Waals surface area contributed by atoms with Crippen molar-refractivity contribution in [2.24, 2.45) is 0 Å². The number of aromatic amines is 1. The van der Waals surface area contributed by atoms with Crippen LogP contribution in [0.2, 0.25) is 0 Å². The number of benzene rings is 2. The molecule has 2 N–H and O–H groups in total. The van der Waals surface area contributed by atoms with E-state index >= 15 is 0 Å². The smallest absolute Gasteiger partial charge is 0.407 e. The fourth-order valence-corrected chi connectivity index (χ4v) is 2.79. The van der Waals surface area contributed by atoms with E-state index in [4.69, 9.17) is 9.47 Å². The molecule has 0 unspecified atom stereocenters. The Hall–Kier alpha value is -3.21. The molecule has 134 valence electrons. The Kier molecular flexibility index (Phi) is 5.93. The number of para-hydroxylation sites is 1. The molecular formula is C21H22N2O3. The fraction of sp³-hybridized carbons (Fsp3) is 0.190. The molecule has 1 atom stereocenters. The van der Waals surface area contributed by atoms with Crippen molar-refractivity contribution in [1.82, 2.24) is 10.3 Å². The summed E-state index contributed by atoms with van der Waals surface area (Å²) in [5, 5.41) is 4.02. The Morgan fingerprint density at radius 2 is 1.92 bits per heavy atom. The summed E-state index contributed by atoms with van der Waals surface area (Å²) in [4.78, 5) is 15.4. The van der Waals surface area contributed by atoms with Crippen molar-refractivity contribution in [3.8, 4) is 0 Å². The molecule has 3 aromatic rings. The van der Waals surface area contributed by atoms with E-state index in [1.54, 1.807) is 13.4 Å². The van der Waals surface area contributed by atoms with Gasteiger partial charge in [-0.1, -0.05) is 48.5 Å². The van der Waals surface area contributed by atoms with Gasteiger partial charge in [0.25, 0.3) is 0 Å². The number of H-pyrrole nitrogens is 1. The van der Waals surface area contributed by atoms with Gasteiger partial charge in [-0.05, 0) is 29.7 Å². The van der Waals surface area contributed by atoms with Crippen LogP contribution >= 0.6 is 0 Å². The van der Waals surface area contributed by atoms with E-state index in [0.717, 1.165) is 22.0 Å². The highest BCUT2D eigenvalue weighted by Crippen LogP contribution is 2.19. The van der Waals surface area contributed by atoms with Gasteiger partial charge in [-0.25, -0.2) is 4.79 Å². The third-order valence-corrected chi connectivity index (χ3v) is 4.08. The zero-order chi connectivity index (χ0) is 18.2. The van der Waals surface area contributed by atoms with Gasteiger partial charge in [0.2, 0.25) is 0 Å². The number of alkyl carbamates (subject to hydrolysis) is 1. The number of methoxy groups -OCH3 is 1. The predicted octanol–water partition coefficient (Wildman–Crippen LogP) is 4.17. The van der Waals surface area contributed by atoms with Crippen LogP contribution in [-0.2, 0) is 22.5 Å². The molecule has 0 aliphatic carbocycles. The van der Waals surface area contributed by atoms with Crippen molar-refractivity contribution < 1.29 is 14.3 Å². The second-order valence-corrected chi connectivity index (χ2v) is 5.94. The Balaban J connectivity index is 1.64. The zero-order valence-electron chi connectivity index (χ0n) is 14.6. The first-order chi connectivity index (χ1) is 12.8. The van der Waals surface area contributed by atoms with Crippen LogP contribution in [-0.4, -0.2) is 24.2 Å². The van der Waals surface area contributed by atoms with Gasteiger partial charge >= 0.3 is 6.09 Å². The van der Waals surface area contributed by atoms with Crippen LogP contribution < -0.4 is 5.32 Å². The average Bonchev–Trinajstić information content (AvgIpc) is 3.08. The van der Waals surface area contributed by atoms with Crippen LogP contribution in [0.1, 0.15) is 11.1 Å². The summed E-state index contributed by atoms with van der Waals surface area (Å²) in [6.07, 6.45) is 5.52. The molecule has 3 rings (SSSR count). The average molecular weight is 350 g/mol. The minimum absolute atomic E-state index is 0.237. The normalized spacial score (nSPS) is 12.2. The first-order valence-electron chi connectivity index (χ1n) is 8.48. The number of carbonyl (C=O) groups is 1. The highest BCUT2D eigenvalue weighted by atomic mass is 16.5. The third-order valence-electron chi connectivity index (χ3n) is 4.08. The molecule has 1 aromatic heterocycles. The SMILES string of the molecule is CO/C=C/[C@H](Cc1c[nH]c2ccccc12)NC(=O)OCc1ccccc1. The lowest BCUT2D eigenvalue weighted by Gasteiger charge is -2.15. The van der Waals surface area contributed by atoms with Gasteiger partial charge in [-0.2, -0.15) is 0 Å². The Morgan fingerprint density at radius 3 is 2.73 bits per heavy atom. The predicted molar refractivity (Wildman–Crippen MR) is 102 cm³/mol. The summed E-state index contributed by atoms with van der Waals surface area (Å²) in [6.45, 7) is 0.237. The second kappa shape index (κ2) is 8.76. The number of rotatable bonds is 7. The van der Waals surface area contributed by atoms with Gasteiger partial charge in [0.05, 0.1) is 19.4 Å². The van der Waals surface area contributed by atoms with Crippen molar-refractivity contribution in [1.29, 1.82) is 0 Å². The van der Waals surface area contributed by atoms with Crippen LogP contribution in [0.15, 0.2) is 73.1 Å². The van der Waals surface area contributed by atoms with Crippen molar-refractivity contribution in [2.75, 3.05) is 7.11 Å². The van der Waals surface area contributed by atoms with Gasteiger partial charge in [0, 0.05) is 17.1 Å². The molecule has 0 aliphatic rings. The number of nitrogens with one attached hydrogen (secondary N) is 2. The van der Waals surface area contributed by atoms with E-state index < -0.39 is 6.09 Å². The summed E-state index contributed by atoms with van der Waals surface area (Å²) >= 11 is 0. The van der Waals surface area contributed by atoms with Gasteiger partial charge in [-0.15, -0.1) is 0 Å². The highest BCUT2D eigenvalue weighted by molar-refractivity contribution is 5.83. The van der Waals surface area contributed by atoms with Crippen LogP contribution in [0.3, 0.4) is 0 Å². The Labute approximate surface area is 152 Å². The summed E-state index contributed by atoms with van der Waals surface area (Å²) in [6, 6.07) is 17.4. The standard InChI is InChI=1S/C21H22N2O3/c1-25-12-11-18(13-17-14-22-20-10-6-5-9-19(17)20)23-21(24)26-15-16-7-3-2-4-8-16/h2-12,14,18,22H,13,15H2,1H3,(H,23,24)/b12-11+/t18-/m1/s1. The molecule has 5 nitrogen and oxygen atoms in total. The number of hydrogen-bond donors (Lipinski definition) is 2. The second-order valence-electron chi connectivity index (χ2n) is 5.94. The van der Waals surface area contributed by atoms with E-state index in [0.29, 0.717) is 6.42 Å². The molecule has 0 radical (unpaired) electrons. The van der Waals surface area contributed by atoms with Gasteiger partial charge in [-0.3, -0.25) is 0 Å². The minimum Gasteiger partial charge on any atom is -0.505 e. The quantitative estimate of drug-likeness (QED) is 0.629. The molecule has 5 heteroatoms. The molecule has 26 heavy (non-hydrogen) atoms. The number of hydrogen-bond acceptors (Lipinski definition) is 3. The van der Waals surface area contributed by atoms with Gasteiger partial charge in [0.15, 0.2) is 0 Å². The Bertz CT molecular complexity index is 871. The molecule has 0 saturated heterocycles. The number of aromatic nitrogens is 1. The molecule has 0 aliphatic heterocycles. The fourth-order valence-electron chi connectivity index (χ4n) is 2.79. The van der Waals surface area contributed by atoms with E-state index in [2.05, 4.69) is 16.4 Å². The summed E-state index contributed by atoms with van der Waals surface area (Å²) in [5.74, 6) is 0. The van der Waals surface area contributed by atoms with Crippen molar-refractivity contribution in [3.63, 3.8) is 0 Å². The third kappa shape index (κ3) is 4.66. The van der Waals surface area contributed by atoms with Crippen LogP contribution in [0.25, 0.3) is 10.9 Å². The first kappa shape index (κ1) is 17.6. The lowest BCUT2D eigenvalue weighted by Crippen LogP contribution is -2.35. The molecule has 0 spiro atoms. The number of carbonyl (C=O) groups excluding carboxylic acids is 1. The summed E-state index contributed by atoms with van der Waals surface area (Å²) in [7, 11) is 1.58. The van der Waals surface area contributed by atoms with Crippen molar-refractivity contribution >= 4 is 17.0 Å². The summed E-state index contributed by atoms with van der Waals surface area (Å²) < 4.78 is 10.3. The van der Waals surface area contributed by atoms with E-state index in [9.17, 15) is 4.79 Å². The van der Waals surface area contributed by atoms with Crippen LogP contribution in [0, 0.1) is 0 Å². The lowest BCUT2D eigenvalue weighted by atomic mass is 10.1. The molecule has 0 fully saturated rings. The highest BCUT2D eigenvalue weighted by Gasteiger charge is 2.14. The zero-order valence-corrected chi connectivity index (χ0v) is 14.6. The van der Waals surface area contributed by atoms with Crippen molar-refractivity contribution in [2.45, 2.75) is 19.1 Å². The number of amides is 1. The topological polar surface area (TPSA) is 63.3 Å². The van der Waals surface area contributed by atoms with Gasteiger partial charge in [0.1, 0.15) is 6.61 Å². The number of ether oxygens (including phenoxy) is 2. The maximum Gasteiger partial charge on any atom is 0.407 e. The number of fused-ring (bicyclic) bond motifs is 1.